The van der Waals surface area contributed by atoms with Crippen molar-refractivity contribution in [2.75, 3.05) is 19.5 Å². The summed E-state index contributed by atoms with van der Waals surface area (Å²) in [6.07, 6.45) is 0. The van der Waals surface area contributed by atoms with E-state index in [9.17, 15) is 14.9 Å². The number of amides is 1. The number of alkyl halides is 1. The summed E-state index contributed by atoms with van der Waals surface area (Å²) in [5, 5.41) is 10.8. The van der Waals surface area contributed by atoms with E-state index in [4.69, 9.17) is 11.6 Å². The van der Waals surface area contributed by atoms with Gasteiger partial charge in [0.1, 0.15) is 0 Å². The molecule has 0 unspecified atom stereocenters. The molecule has 0 aliphatic rings. The lowest BCUT2D eigenvalue weighted by Crippen LogP contribution is -2.28. The van der Waals surface area contributed by atoms with Crippen LogP contribution in [-0.4, -0.2) is 35.2 Å². The molecule has 0 heterocycles. The third kappa shape index (κ3) is 3.17. The van der Waals surface area contributed by atoms with Crippen molar-refractivity contribution < 1.29 is 9.72 Å². The molecule has 1 aromatic carbocycles. The lowest BCUT2D eigenvalue weighted by atomic mass is 10.1. The second kappa shape index (κ2) is 5.63. The molecular formula is C11H13ClN2O3. The van der Waals surface area contributed by atoms with E-state index in [-0.39, 0.29) is 11.6 Å². The molecule has 1 amide bonds. The first-order chi connectivity index (χ1) is 7.97. The van der Waals surface area contributed by atoms with Gasteiger partial charge >= 0.3 is 0 Å². The summed E-state index contributed by atoms with van der Waals surface area (Å²) in [4.78, 5) is 23.6. The molecule has 1 rings (SSSR count). The second-order valence-electron chi connectivity index (χ2n) is 3.67. The summed E-state index contributed by atoms with van der Waals surface area (Å²) in [5.74, 6) is 0.0599. The molecule has 92 valence electrons. The predicted molar refractivity (Wildman–Crippen MR) is 65.5 cm³/mol. The molecular weight excluding hydrogens is 244 g/mol. The molecule has 0 aliphatic heterocycles. The van der Waals surface area contributed by atoms with Gasteiger partial charge in [-0.2, -0.15) is 0 Å². The highest BCUT2D eigenvalue weighted by atomic mass is 35.5. The Bertz CT molecular complexity index is 448. The third-order valence-electron chi connectivity index (χ3n) is 2.42. The van der Waals surface area contributed by atoms with Crippen molar-refractivity contribution >= 4 is 23.2 Å². The number of hydrogen-bond acceptors (Lipinski definition) is 3. The first kappa shape index (κ1) is 13.4. The highest BCUT2D eigenvalue weighted by molar-refractivity contribution is 6.18. The van der Waals surface area contributed by atoms with Gasteiger partial charge in [0.05, 0.1) is 4.92 Å². The van der Waals surface area contributed by atoms with Crippen molar-refractivity contribution in [2.45, 2.75) is 6.92 Å². The Hall–Kier alpha value is -1.62. The van der Waals surface area contributed by atoms with E-state index < -0.39 is 4.92 Å². The number of nitro benzene ring substituents is 1. The highest BCUT2D eigenvalue weighted by Gasteiger charge is 2.17. The minimum Gasteiger partial charge on any atom is -0.341 e. The van der Waals surface area contributed by atoms with E-state index in [0.29, 0.717) is 23.6 Å². The van der Waals surface area contributed by atoms with Crippen LogP contribution in [0, 0.1) is 17.0 Å². The van der Waals surface area contributed by atoms with Gasteiger partial charge in [-0.15, -0.1) is 11.6 Å². The number of benzene rings is 1. The zero-order valence-corrected chi connectivity index (χ0v) is 10.4. The third-order valence-corrected chi connectivity index (χ3v) is 2.59. The van der Waals surface area contributed by atoms with Crippen LogP contribution < -0.4 is 0 Å². The average molecular weight is 257 g/mol. The van der Waals surface area contributed by atoms with Crippen molar-refractivity contribution in [3.63, 3.8) is 0 Å². The number of rotatable bonds is 4. The molecule has 0 bridgehead atoms. The normalized spacial score (nSPS) is 10.1. The minimum atomic E-state index is -0.492. The lowest BCUT2D eigenvalue weighted by Gasteiger charge is -2.15. The topological polar surface area (TPSA) is 63.5 Å². The lowest BCUT2D eigenvalue weighted by molar-refractivity contribution is -0.385. The van der Waals surface area contributed by atoms with Gasteiger partial charge in [-0.25, -0.2) is 0 Å². The standard InChI is InChI=1S/C11H13ClN2O3/c1-8-3-4-9(7-10(8)14(16)17)11(15)13(2)6-5-12/h3-4,7H,5-6H2,1-2H3. The van der Waals surface area contributed by atoms with E-state index in [0.717, 1.165) is 0 Å². The monoisotopic (exact) mass is 256 g/mol. The average Bonchev–Trinajstić information content (AvgIpc) is 2.28. The van der Waals surface area contributed by atoms with Crippen LogP contribution >= 0.6 is 11.6 Å². The van der Waals surface area contributed by atoms with Crippen molar-refractivity contribution in [3.8, 4) is 0 Å². The largest absolute Gasteiger partial charge is 0.341 e. The summed E-state index contributed by atoms with van der Waals surface area (Å²) in [5.41, 5.74) is 0.789. The molecule has 0 saturated heterocycles. The van der Waals surface area contributed by atoms with Crippen LogP contribution in [-0.2, 0) is 0 Å². The molecule has 0 spiro atoms. The van der Waals surface area contributed by atoms with E-state index in [1.165, 1.54) is 11.0 Å². The fourth-order valence-electron chi connectivity index (χ4n) is 1.39. The van der Waals surface area contributed by atoms with Crippen LogP contribution in [0.25, 0.3) is 0 Å². The Labute approximate surface area is 104 Å². The number of hydrogen-bond donors (Lipinski definition) is 0. The smallest absolute Gasteiger partial charge is 0.273 e. The first-order valence-electron chi connectivity index (χ1n) is 5.04. The maximum Gasteiger partial charge on any atom is 0.273 e. The van der Waals surface area contributed by atoms with Crippen LogP contribution in [0.2, 0.25) is 0 Å². The number of carbonyl (C=O) groups excluding carboxylic acids is 1. The van der Waals surface area contributed by atoms with Crippen molar-refractivity contribution in [1.82, 2.24) is 4.90 Å². The summed E-state index contributed by atoms with van der Waals surface area (Å²) >= 11 is 5.53. The molecule has 0 atom stereocenters. The predicted octanol–water partition coefficient (Wildman–Crippen LogP) is 2.21. The van der Waals surface area contributed by atoms with Crippen molar-refractivity contribution in [2.24, 2.45) is 0 Å². The molecule has 0 aromatic heterocycles. The van der Waals surface area contributed by atoms with Crippen LogP contribution in [0.3, 0.4) is 0 Å². The van der Waals surface area contributed by atoms with Gasteiger partial charge in [0.15, 0.2) is 0 Å². The molecule has 0 fully saturated rings. The second-order valence-corrected chi connectivity index (χ2v) is 4.05. The Morgan fingerprint density at radius 3 is 2.71 bits per heavy atom. The first-order valence-corrected chi connectivity index (χ1v) is 5.57. The Morgan fingerprint density at radius 2 is 2.18 bits per heavy atom. The van der Waals surface area contributed by atoms with Crippen LogP contribution in [0.1, 0.15) is 15.9 Å². The maximum absolute atomic E-state index is 11.9. The van der Waals surface area contributed by atoms with Crippen molar-refractivity contribution in [3.05, 3.63) is 39.4 Å². The molecule has 5 nitrogen and oxygen atoms in total. The molecule has 0 radical (unpaired) electrons. The van der Waals surface area contributed by atoms with E-state index >= 15 is 0 Å². The maximum atomic E-state index is 11.9. The van der Waals surface area contributed by atoms with Gasteiger partial charge in [-0.05, 0) is 13.0 Å². The van der Waals surface area contributed by atoms with Gasteiger partial charge < -0.3 is 4.90 Å². The van der Waals surface area contributed by atoms with Crippen LogP contribution in [0.5, 0.6) is 0 Å². The summed E-state index contributed by atoms with van der Waals surface area (Å²) in [7, 11) is 1.61. The highest BCUT2D eigenvalue weighted by Crippen LogP contribution is 2.19. The zero-order chi connectivity index (χ0) is 13.0. The minimum absolute atomic E-state index is 0.0462. The summed E-state index contributed by atoms with van der Waals surface area (Å²) < 4.78 is 0. The molecule has 6 heteroatoms. The van der Waals surface area contributed by atoms with Crippen molar-refractivity contribution in [1.29, 1.82) is 0 Å². The number of aryl methyl sites for hydroxylation is 1. The van der Waals surface area contributed by atoms with Gasteiger partial charge in [0.25, 0.3) is 11.6 Å². The number of halogens is 1. The molecule has 0 aliphatic carbocycles. The number of carbonyl (C=O) groups is 1. The molecule has 0 N–H and O–H groups in total. The SMILES string of the molecule is Cc1ccc(C(=O)N(C)CCCl)cc1[N+](=O)[O-]. The Balaban J connectivity index is 3.03. The molecule has 17 heavy (non-hydrogen) atoms. The van der Waals surface area contributed by atoms with Gasteiger partial charge in [-0.3, -0.25) is 14.9 Å². The fourth-order valence-corrected chi connectivity index (χ4v) is 1.64. The molecule has 0 saturated carbocycles. The van der Waals surface area contributed by atoms with Gasteiger partial charge in [0, 0.05) is 36.7 Å². The Kier molecular flexibility index (Phi) is 4.45. The van der Waals surface area contributed by atoms with E-state index in [1.807, 2.05) is 0 Å². The van der Waals surface area contributed by atoms with Crippen LogP contribution in [0.15, 0.2) is 18.2 Å². The van der Waals surface area contributed by atoms with Gasteiger partial charge in [-0.1, -0.05) is 6.07 Å². The quantitative estimate of drug-likeness (QED) is 0.471. The number of nitro groups is 1. The molecule has 1 aromatic rings. The Morgan fingerprint density at radius 1 is 1.53 bits per heavy atom. The zero-order valence-electron chi connectivity index (χ0n) is 9.64. The fraction of sp³-hybridized carbons (Fsp3) is 0.364. The van der Waals surface area contributed by atoms with Crippen LogP contribution in [0.4, 0.5) is 5.69 Å². The van der Waals surface area contributed by atoms with E-state index in [2.05, 4.69) is 0 Å². The summed E-state index contributed by atoms with van der Waals surface area (Å²) in [6, 6.07) is 4.44. The summed E-state index contributed by atoms with van der Waals surface area (Å²) in [6.45, 7) is 2.04. The number of nitrogens with zero attached hydrogens (tertiary/aromatic N) is 2. The van der Waals surface area contributed by atoms with E-state index in [1.54, 1.807) is 26.1 Å². The van der Waals surface area contributed by atoms with Gasteiger partial charge in [0.2, 0.25) is 0 Å².